The standard InChI is InChI=1S/C26H27N3O2/c30-26(31)22-12-7-17-29(19-22)16-4-3-8-20-9-5-13-23(18-20)27-28-25-15-6-11-21-10-1-2-14-24(21)25/h1-3,5-6,8-11,13-15,18,22H,4,7,12,16-17,19H2,(H,30,31)/b8-3+,28-27?. The largest absolute Gasteiger partial charge is 0.481 e. The summed E-state index contributed by atoms with van der Waals surface area (Å²) in [5, 5.41) is 20.4. The van der Waals surface area contributed by atoms with Crippen molar-refractivity contribution in [3.8, 4) is 0 Å². The highest BCUT2D eigenvalue weighted by Gasteiger charge is 2.24. The molecule has 3 aromatic rings. The molecule has 1 saturated heterocycles. The highest BCUT2D eigenvalue weighted by molar-refractivity contribution is 5.92. The highest BCUT2D eigenvalue weighted by Crippen LogP contribution is 2.27. The van der Waals surface area contributed by atoms with Crippen molar-refractivity contribution < 1.29 is 9.90 Å². The maximum absolute atomic E-state index is 11.2. The lowest BCUT2D eigenvalue weighted by molar-refractivity contribution is -0.143. The fourth-order valence-corrected chi connectivity index (χ4v) is 4.03. The molecule has 4 rings (SSSR count). The molecule has 0 bridgehead atoms. The minimum atomic E-state index is -0.672. The number of hydrogen-bond donors (Lipinski definition) is 1. The lowest BCUT2D eigenvalue weighted by Crippen LogP contribution is -2.38. The van der Waals surface area contributed by atoms with Gasteiger partial charge in [-0.15, -0.1) is 5.11 Å². The van der Waals surface area contributed by atoms with Crippen LogP contribution in [0.1, 0.15) is 24.8 Å². The number of azo groups is 1. The van der Waals surface area contributed by atoms with Crippen molar-refractivity contribution in [2.24, 2.45) is 16.1 Å². The number of aliphatic carboxylic acids is 1. The van der Waals surface area contributed by atoms with Crippen LogP contribution in [0.25, 0.3) is 16.8 Å². The molecule has 0 radical (unpaired) electrons. The van der Waals surface area contributed by atoms with Crippen molar-refractivity contribution in [2.45, 2.75) is 19.3 Å². The van der Waals surface area contributed by atoms with E-state index < -0.39 is 5.97 Å². The van der Waals surface area contributed by atoms with Gasteiger partial charge in [0.2, 0.25) is 0 Å². The van der Waals surface area contributed by atoms with E-state index in [4.69, 9.17) is 0 Å². The van der Waals surface area contributed by atoms with E-state index in [-0.39, 0.29) is 5.92 Å². The number of carboxylic acid groups (broad SMARTS) is 1. The maximum atomic E-state index is 11.2. The zero-order chi connectivity index (χ0) is 21.5. The van der Waals surface area contributed by atoms with Crippen LogP contribution >= 0.6 is 0 Å². The van der Waals surface area contributed by atoms with Crippen LogP contribution in [0.15, 0.2) is 83.0 Å². The molecular formula is C26H27N3O2. The molecular weight excluding hydrogens is 386 g/mol. The van der Waals surface area contributed by atoms with E-state index >= 15 is 0 Å². The number of fused-ring (bicyclic) bond motifs is 1. The fraction of sp³-hybridized carbons (Fsp3) is 0.269. The third-order valence-electron chi connectivity index (χ3n) is 5.69. The first-order valence-electron chi connectivity index (χ1n) is 10.8. The molecule has 3 aromatic carbocycles. The van der Waals surface area contributed by atoms with Crippen LogP contribution in [0, 0.1) is 5.92 Å². The molecule has 1 fully saturated rings. The summed E-state index contributed by atoms with van der Waals surface area (Å²) in [5.41, 5.74) is 2.76. The summed E-state index contributed by atoms with van der Waals surface area (Å²) in [6.45, 7) is 2.54. The number of carbonyl (C=O) groups is 1. The summed E-state index contributed by atoms with van der Waals surface area (Å²) in [5.74, 6) is -0.892. The molecule has 0 spiro atoms. The van der Waals surface area contributed by atoms with Gasteiger partial charge < -0.3 is 10.0 Å². The van der Waals surface area contributed by atoms with Crippen molar-refractivity contribution in [1.82, 2.24) is 4.90 Å². The quantitative estimate of drug-likeness (QED) is 0.452. The molecule has 0 saturated carbocycles. The first kappa shape index (κ1) is 20.9. The van der Waals surface area contributed by atoms with E-state index in [2.05, 4.69) is 51.5 Å². The van der Waals surface area contributed by atoms with Gasteiger partial charge in [-0.25, -0.2) is 0 Å². The number of carboxylic acids is 1. The van der Waals surface area contributed by atoms with Gasteiger partial charge in [0.25, 0.3) is 0 Å². The number of nitrogens with zero attached hydrogens (tertiary/aromatic N) is 3. The van der Waals surface area contributed by atoms with Gasteiger partial charge in [0, 0.05) is 18.5 Å². The van der Waals surface area contributed by atoms with Crippen LogP contribution in [0.5, 0.6) is 0 Å². The molecule has 1 atom stereocenters. The number of likely N-dealkylation sites (tertiary alicyclic amines) is 1. The van der Waals surface area contributed by atoms with Crippen LogP contribution in [0.2, 0.25) is 0 Å². The van der Waals surface area contributed by atoms with Gasteiger partial charge in [-0.2, -0.15) is 5.11 Å². The van der Waals surface area contributed by atoms with Gasteiger partial charge in [0.15, 0.2) is 0 Å². The smallest absolute Gasteiger partial charge is 0.307 e. The summed E-state index contributed by atoms with van der Waals surface area (Å²) < 4.78 is 0. The van der Waals surface area contributed by atoms with Gasteiger partial charge in [-0.1, -0.05) is 60.7 Å². The first-order chi connectivity index (χ1) is 15.2. The number of rotatable bonds is 7. The Balaban J connectivity index is 1.36. The molecule has 0 aliphatic carbocycles. The molecule has 1 N–H and O–H groups in total. The Bertz CT molecular complexity index is 1100. The Hall–Kier alpha value is -3.31. The second-order valence-corrected chi connectivity index (χ2v) is 7.96. The number of hydrogen-bond acceptors (Lipinski definition) is 4. The molecule has 5 nitrogen and oxygen atoms in total. The Morgan fingerprint density at radius 2 is 1.90 bits per heavy atom. The fourth-order valence-electron chi connectivity index (χ4n) is 4.03. The highest BCUT2D eigenvalue weighted by atomic mass is 16.4. The van der Waals surface area contributed by atoms with Crippen molar-refractivity contribution in [1.29, 1.82) is 0 Å². The van der Waals surface area contributed by atoms with Crippen LogP contribution in [-0.4, -0.2) is 35.6 Å². The van der Waals surface area contributed by atoms with Crippen molar-refractivity contribution in [3.63, 3.8) is 0 Å². The number of piperidine rings is 1. The second kappa shape index (κ2) is 10.1. The summed E-state index contributed by atoms with van der Waals surface area (Å²) >= 11 is 0. The van der Waals surface area contributed by atoms with Crippen molar-refractivity contribution in [3.05, 3.63) is 78.4 Å². The Labute approximate surface area is 182 Å². The Kier molecular flexibility index (Phi) is 6.85. The van der Waals surface area contributed by atoms with Crippen molar-refractivity contribution in [2.75, 3.05) is 19.6 Å². The minimum absolute atomic E-state index is 0.221. The molecule has 0 amide bonds. The van der Waals surface area contributed by atoms with Crippen LogP contribution in [-0.2, 0) is 4.79 Å². The van der Waals surface area contributed by atoms with Gasteiger partial charge in [-0.3, -0.25) is 4.79 Å². The minimum Gasteiger partial charge on any atom is -0.481 e. The molecule has 5 heteroatoms. The summed E-state index contributed by atoms with van der Waals surface area (Å²) in [6, 6.07) is 22.2. The van der Waals surface area contributed by atoms with E-state index in [1.165, 1.54) is 0 Å². The van der Waals surface area contributed by atoms with Gasteiger partial charge in [-0.05, 0) is 55.0 Å². The van der Waals surface area contributed by atoms with Gasteiger partial charge >= 0.3 is 5.97 Å². The second-order valence-electron chi connectivity index (χ2n) is 7.96. The predicted octanol–water partition coefficient (Wildman–Crippen LogP) is 6.46. The zero-order valence-corrected chi connectivity index (χ0v) is 17.5. The van der Waals surface area contributed by atoms with Crippen LogP contribution in [0.4, 0.5) is 11.4 Å². The average molecular weight is 414 g/mol. The Morgan fingerprint density at radius 3 is 2.81 bits per heavy atom. The Morgan fingerprint density at radius 1 is 1.06 bits per heavy atom. The average Bonchev–Trinajstić information content (AvgIpc) is 2.81. The van der Waals surface area contributed by atoms with Gasteiger partial charge in [0.1, 0.15) is 0 Å². The topological polar surface area (TPSA) is 65.3 Å². The van der Waals surface area contributed by atoms with E-state index in [0.717, 1.165) is 60.1 Å². The summed E-state index contributed by atoms with van der Waals surface area (Å²) in [4.78, 5) is 13.4. The zero-order valence-electron chi connectivity index (χ0n) is 17.5. The third-order valence-corrected chi connectivity index (χ3v) is 5.69. The third kappa shape index (κ3) is 5.64. The van der Waals surface area contributed by atoms with E-state index in [1.54, 1.807) is 0 Å². The monoisotopic (exact) mass is 413 g/mol. The normalized spacial score (nSPS) is 17.6. The predicted molar refractivity (Wildman–Crippen MR) is 125 cm³/mol. The lowest BCUT2D eigenvalue weighted by atomic mass is 9.98. The van der Waals surface area contributed by atoms with Crippen LogP contribution in [0.3, 0.4) is 0 Å². The maximum Gasteiger partial charge on any atom is 0.307 e. The van der Waals surface area contributed by atoms with Crippen LogP contribution < -0.4 is 0 Å². The molecule has 1 aliphatic rings. The summed E-state index contributed by atoms with van der Waals surface area (Å²) in [6.07, 6.45) is 6.89. The molecule has 1 unspecified atom stereocenters. The molecule has 0 aromatic heterocycles. The van der Waals surface area contributed by atoms with Gasteiger partial charge in [0.05, 0.1) is 17.3 Å². The molecule has 158 valence electrons. The van der Waals surface area contributed by atoms with E-state index in [1.807, 2.05) is 42.5 Å². The van der Waals surface area contributed by atoms with E-state index in [0.29, 0.717) is 6.54 Å². The summed E-state index contributed by atoms with van der Waals surface area (Å²) in [7, 11) is 0. The lowest BCUT2D eigenvalue weighted by Gasteiger charge is -2.30. The SMILES string of the molecule is O=C(O)C1CCCN(CC/C=C/c2cccc(N=Nc3cccc4ccccc34)c2)C1. The first-order valence-corrected chi connectivity index (χ1v) is 10.8. The molecule has 1 heterocycles. The number of benzene rings is 3. The van der Waals surface area contributed by atoms with Crippen molar-refractivity contribution >= 4 is 34.2 Å². The van der Waals surface area contributed by atoms with E-state index in [9.17, 15) is 9.90 Å². The molecule has 1 aliphatic heterocycles. The molecule has 31 heavy (non-hydrogen) atoms.